The minimum Gasteiger partial charge on any atom is -0.486 e. The Morgan fingerprint density at radius 3 is 2.27 bits per heavy atom. The maximum absolute atomic E-state index is 13.1. The third-order valence-electron chi connectivity index (χ3n) is 5.32. The van der Waals surface area contributed by atoms with E-state index in [1.807, 2.05) is 24.3 Å². The third kappa shape index (κ3) is 3.72. The highest BCUT2D eigenvalue weighted by Crippen LogP contribution is 2.33. The molecule has 0 bridgehead atoms. The number of sulfonamides is 1. The van der Waals surface area contributed by atoms with Crippen LogP contribution in [0.2, 0.25) is 0 Å². The number of rotatable bonds is 5. The molecule has 2 aromatic carbocycles. The van der Waals surface area contributed by atoms with Gasteiger partial charge in [0.25, 0.3) is 10.0 Å². The molecule has 2 heterocycles. The Labute approximate surface area is 174 Å². The van der Waals surface area contributed by atoms with E-state index in [9.17, 15) is 8.42 Å². The van der Waals surface area contributed by atoms with Gasteiger partial charge in [0.05, 0.1) is 15.9 Å². The predicted molar refractivity (Wildman–Crippen MR) is 114 cm³/mol. The van der Waals surface area contributed by atoms with Gasteiger partial charge in [-0.1, -0.05) is 25.0 Å². The zero-order valence-corrected chi connectivity index (χ0v) is 17.1. The predicted octanol–water partition coefficient (Wildman–Crippen LogP) is 3.56. The third-order valence-corrected chi connectivity index (χ3v) is 6.66. The van der Waals surface area contributed by atoms with Crippen molar-refractivity contribution in [3.8, 4) is 11.5 Å². The van der Waals surface area contributed by atoms with Crippen molar-refractivity contribution >= 4 is 32.7 Å². The van der Waals surface area contributed by atoms with Gasteiger partial charge in [0.2, 0.25) is 0 Å². The first-order valence-electron chi connectivity index (χ1n) is 10.0. The Morgan fingerprint density at radius 2 is 1.53 bits per heavy atom. The molecular weight excluding hydrogens is 404 g/mol. The number of aromatic nitrogens is 2. The molecule has 1 aliphatic carbocycles. The lowest BCUT2D eigenvalue weighted by molar-refractivity contribution is 0.171. The Balaban J connectivity index is 1.51. The fourth-order valence-electron chi connectivity index (χ4n) is 3.81. The highest BCUT2D eigenvalue weighted by molar-refractivity contribution is 7.92. The maximum Gasteiger partial charge on any atom is 0.263 e. The summed E-state index contributed by atoms with van der Waals surface area (Å²) in [6.45, 7) is 0.829. The molecule has 0 unspecified atom stereocenters. The first-order chi connectivity index (χ1) is 14.6. The molecule has 156 valence electrons. The number of nitrogens with one attached hydrogen (secondary N) is 2. The molecule has 1 saturated carbocycles. The number of para-hydroxylation sites is 2. The molecule has 0 spiro atoms. The molecule has 1 aliphatic heterocycles. The number of hydrogen-bond acceptors (Lipinski definition) is 7. The van der Waals surface area contributed by atoms with Crippen LogP contribution < -0.4 is 19.5 Å². The molecular formula is C21H22N4O4S. The van der Waals surface area contributed by atoms with E-state index in [0.29, 0.717) is 41.6 Å². The van der Waals surface area contributed by atoms with E-state index >= 15 is 0 Å². The average Bonchev–Trinajstić information content (AvgIpc) is 3.27. The summed E-state index contributed by atoms with van der Waals surface area (Å²) < 4.78 is 39.8. The van der Waals surface area contributed by atoms with Gasteiger partial charge < -0.3 is 14.8 Å². The standard InChI is InChI=1S/C21H22N4O4S/c26-30(27,15-9-10-18-19(13-15)29-12-11-28-18)25-21-20(22-14-5-1-2-6-14)23-16-7-3-4-8-17(16)24-21/h3-4,7-10,13-14H,1-2,5-6,11-12H2,(H,22,23)(H,24,25). The van der Waals surface area contributed by atoms with Crippen molar-refractivity contribution in [3.63, 3.8) is 0 Å². The van der Waals surface area contributed by atoms with Crippen molar-refractivity contribution in [1.29, 1.82) is 0 Å². The number of hydrogen-bond donors (Lipinski definition) is 2. The number of nitrogens with zero attached hydrogens (tertiary/aromatic N) is 2. The monoisotopic (exact) mass is 426 g/mol. The molecule has 2 N–H and O–H groups in total. The van der Waals surface area contributed by atoms with E-state index in [4.69, 9.17) is 9.47 Å². The van der Waals surface area contributed by atoms with Crippen molar-refractivity contribution in [2.75, 3.05) is 23.3 Å². The van der Waals surface area contributed by atoms with Gasteiger partial charge in [0.1, 0.15) is 13.2 Å². The van der Waals surface area contributed by atoms with Crippen LogP contribution >= 0.6 is 0 Å². The van der Waals surface area contributed by atoms with Crippen LogP contribution in [-0.2, 0) is 10.0 Å². The summed E-state index contributed by atoms with van der Waals surface area (Å²) in [5.74, 6) is 1.59. The maximum atomic E-state index is 13.1. The van der Waals surface area contributed by atoms with Crippen molar-refractivity contribution in [2.45, 2.75) is 36.6 Å². The number of fused-ring (bicyclic) bond motifs is 2. The highest BCUT2D eigenvalue weighted by Gasteiger charge is 2.24. The van der Waals surface area contributed by atoms with Crippen molar-refractivity contribution in [2.24, 2.45) is 0 Å². The highest BCUT2D eigenvalue weighted by atomic mass is 32.2. The van der Waals surface area contributed by atoms with E-state index in [2.05, 4.69) is 20.0 Å². The van der Waals surface area contributed by atoms with E-state index in [0.717, 1.165) is 25.7 Å². The van der Waals surface area contributed by atoms with E-state index in [1.165, 1.54) is 12.1 Å². The second-order valence-electron chi connectivity index (χ2n) is 7.45. The topological polar surface area (TPSA) is 102 Å². The molecule has 0 radical (unpaired) electrons. The largest absolute Gasteiger partial charge is 0.486 e. The van der Waals surface area contributed by atoms with E-state index < -0.39 is 10.0 Å². The van der Waals surface area contributed by atoms with Crippen molar-refractivity contribution in [1.82, 2.24) is 9.97 Å². The number of benzene rings is 2. The van der Waals surface area contributed by atoms with Crippen molar-refractivity contribution in [3.05, 3.63) is 42.5 Å². The molecule has 8 nitrogen and oxygen atoms in total. The van der Waals surface area contributed by atoms with Crippen LogP contribution in [0.1, 0.15) is 25.7 Å². The van der Waals surface area contributed by atoms with Crippen molar-refractivity contribution < 1.29 is 17.9 Å². The lowest BCUT2D eigenvalue weighted by Crippen LogP contribution is -2.21. The summed E-state index contributed by atoms with van der Waals surface area (Å²) in [5.41, 5.74) is 1.33. The molecule has 2 aliphatic rings. The Morgan fingerprint density at radius 1 is 0.867 bits per heavy atom. The van der Waals surface area contributed by atoms with Gasteiger partial charge in [0, 0.05) is 12.1 Å². The fraction of sp³-hybridized carbons (Fsp3) is 0.333. The first kappa shape index (κ1) is 18.9. The van der Waals surface area contributed by atoms with Crippen LogP contribution in [0.25, 0.3) is 11.0 Å². The summed E-state index contributed by atoms with van der Waals surface area (Å²) in [4.78, 5) is 9.26. The second-order valence-corrected chi connectivity index (χ2v) is 9.13. The van der Waals surface area contributed by atoms with Crippen LogP contribution in [-0.4, -0.2) is 37.6 Å². The van der Waals surface area contributed by atoms with Crippen LogP contribution in [0.5, 0.6) is 11.5 Å². The van der Waals surface area contributed by atoms with Gasteiger partial charge in [-0.2, -0.15) is 0 Å². The van der Waals surface area contributed by atoms with Gasteiger partial charge in [0.15, 0.2) is 23.1 Å². The lowest BCUT2D eigenvalue weighted by Gasteiger charge is -2.20. The molecule has 3 aromatic rings. The summed E-state index contributed by atoms with van der Waals surface area (Å²) in [7, 11) is -3.90. The Bertz CT molecular complexity index is 1190. The number of anilines is 2. The van der Waals surface area contributed by atoms with Gasteiger partial charge in [-0.05, 0) is 37.1 Å². The van der Waals surface area contributed by atoms with Gasteiger partial charge in [-0.15, -0.1) is 0 Å². The zero-order chi connectivity index (χ0) is 20.6. The van der Waals surface area contributed by atoms with Crippen LogP contribution in [0, 0.1) is 0 Å². The summed E-state index contributed by atoms with van der Waals surface area (Å²) in [5, 5.41) is 3.38. The molecule has 0 amide bonds. The van der Waals surface area contributed by atoms with Crippen LogP contribution in [0.4, 0.5) is 11.6 Å². The minimum absolute atomic E-state index is 0.0773. The number of ether oxygens (including phenoxy) is 2. The Kier molecular flexibility index (Phi) is 4.82. The molecule has 1 fully saturated rings. The van der Waals surface area contributed by atoms with Gasteiger partial charge in [-0.25, -0.2) is 18.4 Å². The zero-order valence-electron chi connectivity index (χ0n) is 16.3. The van der Waals surface area contributed by atoms with Crippen LogP contribution in [0.3, 0.4) is 0 Å². The van der Waals surface area contributed by atoms with Gasteiger partial charge >= 0.3 is 0 Å². The summed E-state index contributed by atoms with van der Waals surface area (Å²) in [6, 6.07) is 12.2. The Hall–Kier alpha value is -3.07. The second kappa shape index (κ2) is 7.64. The minimum atomic E-state index is -3.90. The molecule has 9 heteroatoms. The smallest absolute Gasteiger partial charge is 0.263 e. The quantitative estimate of drug-likeness (QED) is 0.643. The molecule has 5 rings (SSSR count). The average molecular weight is 426 g/mol. The molecule has 30 heavy (non-hydrogen) atoms. The van der Waals surface area contributed by atoms with E-state index in [1.54, 1.807) is 6.07 Å². The molecule has 0 atom stereocenters. The normalized spacial score (nSPS) is 16.5. The van der Waals surface area contributed by atoms with Gasteiger partial charge in [-0.3, -0.25) is 4.72 Å². The van der Waals surface area contributed by atoms with E-state index in [-0.39, 0.29) is 16.8 Å². The first-order valence-corrected chi connectivity index (χ1v) is 11.5. The lowest BCUT2D eigenvalue weighted by atomic mass is 10.2. The van der Waals surface area contributed by atoms with Crippen LogP contribution in [0.15, 0.2) is 47.4 Å². The fourth-order valence-corrected chi connectivity index (χ4v) is 4.84. The SMILES string of the molecule is O=S(=O)(Nc1nc2ccccc2nc1NC1CCCC1)c1ccc2c(c1)OCCO2. The summed E-state index contributed by atoms with van der Waals surface area (Å²) >= 11 is 0. The molecule has 0 saturated heterocycles. The molecule has 1 aromatic heterocycles. The summed E-state index contributed by atoms with van der Waals surface area (Å²) in [6.07, 6.45) is 4.36.